The Labute approximate surface area is 261 Å². The maximum absolute atomic E-state index is 12.7. The van der Waals surface area contributed by atoms with E-state index in [0.717, 1.165) is 38.5 Å². The van der Waals surface area contributed by atoms with Crippen LogP contribution in [0.25, 0.3) is 22.3 Å². The Balaban J connectivity index is 0.920. The molecule has 0 saturated carbocycles. The second-order valence-electron chi connectivity index (χ2n) is 12.3. The van der Waals surface area contributed by atoms with Gasteiger partial charge in [0.1, 0.15) is 13.2 Å². The van der Waals surface area contributed by atoms with Crippen LogP contribution in [0.4, 0.5) is 0 Å². The molecule has 0 aromatic heterocycles. The maximum Gasteiger partial charge on any atom is 0.305 e. The molecule has 0 bridgehead atoms. The zero-order chi connectivity index (χ0) is 30.3. The molecule has 226 valence electrons. The molecule has 0 saturated heterocycles. The monoisotopic (exact) mass is 586 g/mol. The Bertz CT molecular complexity index is 1400. The molecule has 0 unspecified atom stereocenters. The average molecular weight is 587 g/mol. The highest BCUT2D eigenvalue weighted by Crippen LogP contribution is 2.45. The number of carbonyl (C=O) groups excluding carboxylic acids is 2. The second kappa shape index (κ2) is 14.1. The van der Waals surface area contributed by atoms with Gasteiger partial charge in [-0.2, -0.15) is 0 Å². The van der Waals surface area contributed by atoms with E-state index >= 15 is 0 Å². The fraction of sp³-hybridized carbons (Fsp3) is 0.350. The number of hydrogen-bond donors (Lipinski definition) is 0. The predicted octanol–water partition coefficient (Wildman–Crippen LogP) is 9.45. The fourth-order valence-electron chi connectivity index (χ4n) is 7.29. The number of fused-ring (bicyclic) bond motifs is 6. The van der Waals surface area contributed by atoms with Crippen molar-refractivity contribution < 1.29 is 19.1 Å². The van der Waals surface area contributed by atoms with Crippen molar-refractivity contribution >= 4 is 11.9 Å². The van der Waals surface area contributed by atoms with Crippen molar-refractivity contribution in [3.63, 3.8) is 0 Å². The average Bonchev–Trinajstić information content (AvgIpc) is 3.55. The van der Waals surface area contributed by atoms with Crippen LogP contribution in [0.2, 0.25) is 0 Å². The largest absolute Gasteiger partial charge is 0.465 e. The fourth-order valence-corrected chi connectivity index (χ4v) is 7.29. The lowest BCUT2D eigenvalue weighted by atomic mass is 9.91. The summed E-state index contributed by atoms with van der Waals surface area (Å²) in [6.07, 6.45) is 6.64. The molecule has 0 atom stereocenters. The minimum absolute atomic E-state index is 0.0945. The maximum atomic E-state index is 12.7. The zero-order valence-electron chi connectivity index (χ0n) is 25.7. The first-order valence-electron chi connectivity index (χ1n) is 16.3. The van der Waals surface area contributed by atoms with Gasteiger partial charge in [0.2, 0.25) is 0 Å². The highest BCUT2D eigenvalue weighted by molar-refractivity contribution is 5.80. The van der Waals surface area contributed by atoms with E-state index in [2.05, 4.69) is 104 Å². The zero-order valence-corrected chi connectivity index (χ0v) is 25.7. The molecule has 4 aromatic carbocycles. The van der Waals surface area contributed by atoms with Crippen molar-refractivity contribution in [3.05, 3.63) is 119 Å². The summed E-state index contributed by atoms with van der Waals surface area (Å²) in [6, 6.07) is 33.7. The Hall–Kier alpha value is -4.18. The van der Waals surface area contributed by atoms with Crippen LogP contribution in [0, 0.1) is 5.92 Å². The van der Waals surface area contributed by atoms with Gasteiger partial charge in [0, 0.05) is 24.7 Å². The molecular weight excluding hydrogens is 544 g/mol. The number of ether oxygens (including phenoxy) is 2. The van der Waals surface area contributed by atoms with Crippen LogP contribution in [-0.4, -0.2) is 25.2 Å². The first-order valence-corrected chi connectivity index (χ1v) is 16.3. The van der Waals surface area contributed by atoms with Crippen LogP contribution in [0.3, 0.4) is 0 Å². The summed E-state index contributed by atoms with van der Waals surface area (Å²) < 4.78 is 11.6. The smallest absolute Gasteiger partial charge is 0.305 e. The van der Waals surface area contributed by atoms with Crippen LogP contribution in [0.15, 0.2) is 97.1 Å². The van der Waals surface area contributed by atoms with Crippen LogP contribution in [0.1, 0.15) is 92.4 Å². The van der Waals surface area contributed by atoms with E-state index in [-0.39, 0.29) is 23.8 Å². The van der Waals surface area contributed by atoms with Crippen LogP contribution in [0.5, 0.6) is 0 Å². The van der Waals surface area contributed by atoms with Crippen molar-refractivity contribution in [2.24, 2.45) is 5.92 Å². The van der Waals surface area contributed by atoms with E-state index in [0.29, 0.717) is 32.0 Å². The molecule has 2 aliphatic carbocycles. The molecule has 0 aliphatic heterocycles. The minimum atomic E-state index is -0.124. The predicted molar refractivity (Wildman–Crippen MR) is 175 cm³/mol. The topological polar surface area (TPSA) is 52.6 Å². The van der Waals surface area contributed by atoms with Crippen molar-refractivity contribution in [2.75, 3.05) is 13.2 Å². The number of esters is 2. The van der Waals surface area contributed by atoms with Crippen molar-refractivity contribution in [3.8, 4) is 22.3 Å². The molecule has 6 rings (SSSR count). The molecule has 0 fully saturated rings. The highest BCUT2D eigenvalue weighted by Gasteiger charge is 2.30. The van der Waals surface area contributed by atoms with Crippen molar-refractivity contribution in [2.45, 2.75) is 70.1 Å². The van der Waals surface area contributed by atoms with E-state index in [1.807, 2.05) is 0 Å². The van der Waals surface area contributed by atoms with Gasteiger partial charge >= 0.3 is 11.9 Å². The first-order chi connectivity index (χ1) is 21.6. The van der Waals surface area contributed by atoms with Gasteiger partial charge in [0.15, 0.2) is 0 Å². The molecule has 0 amide bonds. The van der Waals surface area contributed by atoms with Crippen molar-refractivity contribution in [1.29, 1.82) is 0 Å². The third-order valence-electron chi connectivity index (χ3n) is 9.43. The summed E-state index contributed by atoms with van der Waals surface area (Å²) in [5.74, 6) is 0.443. The Kier molecular flexibility index (Phi) is 9.55. The molecule has 0 heterocycles. The van der Waals surface area contributed by atoms with Gasteiger partial charge < -0.3 is 9.47 Å². The van der Waals surface area contributed by atoms with Gasteiger partial charge in [0.05, 0.1) is 0 Å². The molecule has 4 heteroatoms. The van der Waals surface area contributed by atoms with E-state index in [1.165, 1.54) is 44.5 Å². The third kappa shape index (κ3) is 6.50. The summed E-state index contributed by atoms with van der Waals surface area (Å²) in [7, 11) is 0. The summed E-state index contributed by atoms with van der Waals surface area (Å²) in [5, 5.41) is 0. The molecular formula is C40H42O4. The molecule has 4 nitrogen and oxygen atoms in total. The molecule has 0 radical (unpaired) electrons. The van der Waals surface area contributed by atoms with Gasteiger partial charge in [0.25, 0.3) is 0 Å². The Morgan fingerprint density at radius 1 is 0.545 bits per heavy atom. The number of rotatable bonds is 14. The van der Waals surface area contributed by atoms with Gasteiger partial charge in [-0.05, 0) is 76.1 Å². The van der Waals surface area contributed by atoms with Gasteiger partial charge in [-0.25, -0.2) is 0 Å². The van der Waals surface area contributed by atoms with E-state index in [1.54, 1.807) is 0 Å². The van der Waals surface area contributed by atoms with Crippen LogP contribution in [-0.2, 0) is 19.1 Å². The van der Waals surface area contributed by atoms with Gasteiger partial charge in [-0.3, -0.25) is 9.59 Å². The number of carbonyl (C=O) groups is 2. The molecule has 0 spiro atoms. The van der Waals surface area contributed by atoms with E-state index in [9.17, 15) is 9.59 Å². The first kappa shape index (κ1) is 29.9. The van der Waals surface area contributed by atoms with Gasteiger partial charge in [-0.1, -0.05) is 117 Å². The summed E-state index contributed by atoms with van der Waals surface area (Å²) >= 11 is 0. The lowest BCUT2D eigenvalue weighted by Crippen LogP contribution is -2.13. The lowest BCUT2D eigenvalue weighted by Gasteiger charge is -2.17. The molecule has 2 aliphatic rings. The second-order valence-corrected chi connectivity index (χ2v) is 12.3. The molecule has 44 heavy (non-hydrogen) atoms. The summed E-state index contributed by atoms with van der Waals surface area (Å²) in [6.45, 7) is 2.96. The normalized spacial score (nSPS) is 13.3. The standard InChI is InChI=1S/C40H42O4/c1-2-13-28(14-11-24-39(41)43-26-37-33-20-7-3-16-29(33)30-17-4-8-21-34(30)37)15-12-25-40(42)44-27-38-35-22-9-5-18-31(35)32-19-6-10-23-36(32)38/h3-10,16-23,28,37-38H,2,11-15,24-27H2,1H3. The Morgan fingerprint density at radius 3 is 1.23 bits per heavy atom. The number of hydrogen-bond acceptors (Lipinski definition) is 4. The molecule has 4 aromatic rings. The number of benzene rings is 4. The molecule has 0 N–H and O–H groups in total. The summed E-state index contributed by atoms with van der Waals surface area (Å²) in [5.41, 5.74) is 9.91. The van der Waals surface area contributed by atoms with Crippen molar-refractivity contribution in [1.82, 2.24) is 0 Å². The lowest BCUT2D eigenvalue weighted by molar-refractivity contribution is -0.144. The summed E-state index contributed by atoms with van der Waals surface area (Å²) in [4.78, 5) is 25.4. The van der Waals surface area contributed by atoms with E-state index < -0.39 is 0 Å². The Morgan fingerprint density at radius 2 is 0.886 bits per heavy atom. The van der Waals surface area contributed by atoms with Crippen LogP contribution < -0.4 is 0 Å². The van der Waals surface area contributed by atoms with E-state index in [4.69, 9.17) is 9.47 Å². The third-order valence-corrected chi connectivity index (χ3v) is 9.43. The van der Waals surface area contributed by atoms with Crippen LogP contribution >= 0.6 is 0 Å². The van der Waals surface area contributed by atoms with Gasteiger partial charge in [-0.15, -0.1) is 0 Å². The minimum Gasteiger partial charge on any atom is -0.465 e. The highest BCUT2D eigenvalue weighted by atomic mass is 16.5. The quantitative estimate of drug-likeness (QED) is 0.138. The SMILES string of the molecule is CCCC(CCCC(=O)OCC1c2ccccc2-c2ccccc21)CCCC(=O)OCC1c2ccccc2-c2ccccc21.